The van der Waals surface area contributed by atoms with E-state index in [1.807, 2.05) is 20.8 Å². The monoisotopic (exact) mass is 478 g/mol. The molecule has 0 aromatic heterocycles. The molecular formula is C21H35IO4. The average Bonchev–Trinajstić information content (AvgIpc) is 2.79. The molecule has 0 aromatic carbocycles. The Labute approximate surface area is 172 Å². The van der Waals surface area contributed by atoms with Crippen LogP contribution in [-0.2, 0) is 19.1 Å². The third kappa shape index (κ3) is 9.49. The van der Waals surface area contributed by atoms with Crippen molar-refractivity contribution in [1.29, 1.82) is 0 Å². The van der Waals surface area contributed by atoms with E-state index >= 15 is 0 Å². The molecule has 4 nitrogen and oxygen atoms in total. The molecule has 0 saturated carbocycles. The molecule has 0 aromatic rings. The van der Waals surface area contributed by atoms with E-state index in [0.717, 1.165) is 35.7 Å². The van der Waals surface area contributed by atoms with Crippen molar-refractivity contribution in [1.82, 2.24) is 0 Å². The smallest absolute Gasteiger partial charge is 0.306 e. The van der Waals surface area contributed by atoms with Gasteiger partial charge in [-0.05, 0) is 68.7 Å². The summed E-state index contributed by atoms with van der Waals surface area (Å²) in [7, 11) is 0. The summed E-state index contributed by atoms with van der Waals surface area (Å²) in [6.45, 7) is 8.48. The van der Waals surface area contributed by atoms with Crippen molar-refractivity contribution in [2.45, 2.75) is 97.2 Å². The molecule has 0 radical (unpaired) electrons. The number of hydrogen-bond donors (Lipinski definition) is 0. The van der Waals surface area contributed by atoms with Gasteiger partial charge in [-0.25, -0.2) is 0 Å². The summed E-state index contributed by atoms with van der Waals surface area (Å²) in [4.78, 5) is 23.8. The number of hydrogen-bond acceptors (Lipinski definition) is 4. The number of ketones is 1. The summed E-state index contributed by atoms with van der Waals surface area (Å²) in [5, 5.41) is 0. The van der Waals surface area contributed by atoms with Crippen LogP contribution in [0.1, 0.15) is 85.5 Å². The SMILES string of the molecule is CCCCCC[C@H]1C(=O)C=C(I)[C@@H]1OCCCCCC(=O)OC(C)(C)C. The van der Waals surface area contributed by atoms with Crippen molar-refractivity contribution in [2.24, 2.45) is 5.92 Å². The first-order chi connectivity index (χ1) is 12.2. The maximum Gasteiger partial charge on any atom is 0.306 e. The van der Waals surface area contributed by atoms with Crippen LogP contribution in [-0.4, -0.2) is 30.1 Å². The maximum absolute atomic E-state index is 12.2. The molecule has 150 valence electrons. The molecule has 5 heteroatoms. The molecule has 0 unspecified atom stereocenters. The van der Waals surface area contributed by atoms with E-state index in [1.165, 1.54) is 19.3 Å². The summed E-state index contributed by atoms with van der Waals surface area (Å²) >= 11 is 2.24. The molecule has 0 amide bonds. The first-order valence-electron chi connectivity index (χ1n) is 9.99. The number of ether oxygens (including phenoxy) is 2. The molecule has 0 bridgehead atoms. The largest absolute Gasteiger partial charge is 0.460 e. The van der Waals surface area contributed by atoms with Crippen LogP contribution in [0.5, 0.6) is 0 Å². The van der Waals surface area contributed by atoms with Crippen LogP contribution in [0.25, 0.3) is 0 Å². The normalized spacial score (nSPS) is 20.3. The van der Waals surface area contributed by atoms with Crippen LogP contribution >= 0.6 is 22.6 Å². The summed E-state index contributed by atoms with van der Waals surface area (Å²) in [5.41, 5.74) is -0.412. The van der Waals surface area contributed by atoms with Crippen molar-refractivity contribution in [3.63, 3.8) is 0 Å². The lowest BCUT2D eigenvalue weighted by molar-refractivity contribution is -0.155. The molecule has 0 aliphatic heterocycles. The Hall–Kier alpha value is -0.430. The van der Waals surface area contributed by atoms with Crippen LogP contribution < -0.4 is 0 Å². The standard InChI is InChI=1S/C21H35IO4/c1-5-6-7-9-12-16-18(23)15-17(22)20(16)25-14-11-8-10-13-19(24)26-21(2,3)4/h15-16,20H,5-14H2,1-4H3/t16-,20+/m0/s1. The van der Waals surface area contributed by atoms with Gasteiger partial charge in [0.1, 0.15) is 5.60 Å². The van der Waals surface area contributed by atoms with E-state index < -0.39 is 5.60 Å². The quantitative estimate of drug-likeness (QED) is 0.203. The number of carbonyl (C=O) groups excluding carboxylic acids is 2. The maximum atomic E-state index is 12.2. The minimum atomic E-state index is -0.412. The molecule has 0 heterocycles. The highest BCUT2D eigenvalue weighted by Gasteiger charge is 2.35. The second kappa shape index (κ2) is 12.1. The van der Waals surface area contributed by atoms with Crippen molar-refractivity contribution in [2.75, 3.05) is 6.61 Å². The highest BCUT2D eigenvalue weighted by molar-refractivity contribution is 14.1. The van der Waals surface area contributed by atoms with Crippen LogP contribution in [0.15, 0.2) is 9.66 Å². The Bertz CT molecular complexity index is 479. The lowest BCUT2D eigenvalue weighted by atomic mass is 9.96. The number of allylic oxidation sites excluding steroid dienone is 1. The fourth-order valence-corrected chi connectivity index (χ4v) is 4.02. The zero-order chi connectivity index (χ0) is 19.6. The molecule has 1 rings (SSSR count). The Morgan fingerprint density at radius 2 is 1.81 bits per heavy atom. The number of esters is 1. The van der Waals surface area contributed by atoms with Crippen molar-refractivity contribution >= 4 is 34.3 Å². The lowest BCUT2D eigenvalue weighted by Crippen LogP contribution is -2.25. The van der Waals surface area contributed by atoms with E-state index in [0.29, 0.717) is 13.0 Å². The van der Waals surface area contributed by atoms with Gasteiger partial charge in [-0.1, -0.05) is 39.0 Å². The Morgan fingerprint density at radius 1 is 1.12 bits per heavy atom. The summed E-state index contributed by atoms with van der Waals surface area (Å²) in [6, 6.07) is 0. The molecule has 26 heavy (non-hydrogen) atoms. The second-order valence-electron chi connectivity index (χ2n) is 8.08. The third-order valence-corrected chi connectivity index (χ3v) is 5.32. The van der Waals surface area contributed by atoms with Crippen LogP contribution in [0.4, 0.5) is 0 Å². The Kier molecular flexibility index (Phi) is 11.0. The van der Waals surface area contributed by atoms with E-state index in [9.17, 15) is 9.59 Å². The van der Waals surface area contributed by atoms with Crippen LogP contribution in [0.3, 0.4) is 0 Å². The van der Waals surface area contributed by atoms with Crippen molar-refractivity contribution < 1.29 is 19.1 Å². The first-order valence-corrected chi connectivity index (χ1v) is 11.1. The van der Waals surface area contributed by atoms with Crippen LogP contribution in [0.2, 0.25) is 0 Å². The van der Waals surface area contributed by atoms with E-state index in [-0.39, 0.29) is 23.8 Å². The van der Waals surface area contributed by atoms with Gasteiger partial charge in [0.15, 0.2) is 5.78 Å². The highest BCUT2D eigenvalue weighted by atomic mass is 127. The molecule has 2 atom stereocenters. The van der Waals surface area contributed by atoms with E-state index in [4.69, 9.17) is 9.47 Å². The molecule has 1 aliphatic carbocycles. The minimum Gasteiger partial charge on any atom is -0.460 e. The van der Waals surface area contributed by atoms with Gasteiger partial charge in [0.2, 0.25) is 0 Å². The highest BCUT2D eigenvalue weighted by Crippen LogP contribution is 2.33. The molecule has 0 spiro atoms. The van der Waals surface area contributed by atoms with Gasteiger partial charge in [0.25, 0.3) is 0 Å². The lowest BCUT2D eigenvalue weighted by Gasteiger charge is -2.21. The van der Waals surface area contributed by atoms with Gasteiger partial charge in [-0.3, -0.25) is 9.59 Å². The van der Waals surface area contributed by atoms with Crippen LogP contribution in [0, 0.1) is 5.92 Å². The molecule has 0 fully saturated rings. The first kappa shape index (κ1) is 23.6. The summed E-state index contributed by atoms with van der Waals surface area (Å²) < 4.78 is 12.4. The predicted octanol–water partition coefficient (Wildman–Crippen LogP) is 5.76. The summed E-state index contributed by atoms with van der Waals surface area (Å²) in [5.74, 6) is 0.0887. The number of carbonyl (C=O) groups is 2. The van der Waals surface area contributed by atoms with Gasteiger partial charge in [0.05, 0.1) is 12.0 Å². The average molecular weight is 478 g/mol. The van der Waals surface area contributed by atoms with Gasteiger partial charge in [-0.15, -0.1) is 0 Å². The Morgan fingerprint density at radius 3 is 2.46 bits per heavy atom. The zero-order valence-corrected chi connectivity index (χ0v) is 19.0. The topological polar surface area (TPSA) is 52.6 Å². The third-order valence-electron chi connectivity index (χ3n) is 4.39. The minimum absolute atomic E-state index is 0.000481. The fourth-order valence-electron chi connectivity index (χ4n) is 3.10. The second-order valence-corrected chi connectivity index (χ2v) is 9.32. The van der Waals surface area contributed by atoms with Gasteiger partial charge in [-0.2, -0.15) is 0 Å². The van der Waals surface area contributed by atoms with Gasteiger partial charge < -0.3 is 9.47 Å². The molecule has 0 saturated heterocycles. The fraction of sp³-hybridized carbons (Fsp3) is 0.810. The van der Waals surface area contributed by atoms with Gasteiger partial charge >= 0.3 is 5.97 Å². The predicted molar refractivity (Wildman–Crippen MR) is 113 cm³/mol. The Balaban J connectivity index is 2.22. The zero-order valence-electron chi connectivity index (χ0n) is 16.8. The summed E-state index contributed by atoms with van der Waals surface area (Å²) in [6.07, 6.45) is 10.4. The number of rotatable bonds is 12. The van der Waals surface area contributed by atoms with Crippen molar-refractivity contribution in [3.8, 4) is 0 Å². The van der Waals surface area contributed by atoms with Crippen molar-refractivity contribution in [3.05, 3.63) is 9.66 Å². The number of halogens is 1. The van der Waals surface area contributed by atoms with Gasteiger partial charge in [0, 0.05) is 16.6 Å². The molecular weight excluding hydrogens is 443 g/mol. The number of unbranched alkanes of at least 4 members (excludes halogenated alkanes) is 5. The van der Waals surface area contributed by atoms with E-state index in [2.05, 4.69) is 29.5 Å². The molecule has 1 aliphatic rings. The molecule has 0 N–H and O–H groups in total. The van der Waals surface area contributed by atoms with E-state index in [1.54, 1.807) is 6.08 Å².